The number of nitrogens with zero attached hydrogens (tertiary/aromatic N) is 3. The molecule has 1 N–H and O–H groups in total. The smallest absolute Gasteiger partial charge is 0.224 e. The zero-order valence-corrected chi connectivity index (χ0v) is 10.2. The van der Waals surface area contributed by atoms with E-state index in [-0.39, 0.29) is 17.9 Å². The van der Waals surface area contributed by atoms with Crippen LogP contribution in [0.2, 0.25) is 10.3 Å². The molecule has 0 spiro atoms. The van der Waals surface area contributed by atoms with Crippen LogP contribution < -0.4 is 4.90 Å². The highest BCUT2D eigenvalue weighted by Crippen LogP contribution is 2.29. The largest absolute Gasteiger partial charge is 0.394 e. The number of aliphatic hydroxyl groups excluding tert-OH is 1. The van der Waals surface area contributed by atoms with Gasteiger partial charge in [-0.2, -0.15) is 4.98 Å². The van der Waals surface area contributed by atoms with Crippen molar-refractivity contribution in [1.29, 1.82) is 0 Å². The van der Waals surface area contributed by atoms with E-state index in [2.05, 4.69) is 9.97 Å². The minimum absolute atomic E-state index is 0.0808. The van der Waals surface area contributed by atoms with Gasteiger partial charge in [0, 0.05) is 6.54 Å². The van der Waals surface area contributed by atoms with Crippen molar-refractivity contribution in [3.8, 4) is 0 Å². The number of aliphatic hydroxyl groups is 1. The number of halogens is 2. The minimum atomic E-state index is 0.0808. The predicted molar refractivity (Wildman–Crippen MR) is 64.1 cm³/mol. The van der Waals surface area contributed by atoms with Crippen LogP contribution in [-0.2, 0) is 0 Å². The molecule has 0 aromatic carbocycles. The van der Waals surface area contributed by atoms with Crippen LogP contribution in [0.25, 0.3) is 0 Å². The molecule has 0 aliphatic carbocycles. The van der Waals surface area contributed by atoms with E-state index < -0.39 is 0 Å². The molecule has 1 fully saturated rings. The van der Waals surface area contributed by atoms with E-state index in [9.17, 15) is 5.11 Å². The molecule has 1 unspecified atom stereocenters. The van der Waals surface area contributed by atoms with Gasteiger partial charge in [0.1, 0.15) is 5.02 Å². The first-order valence-corrected chi connectivity index (χ1v) is 6.03. The van der Waals surface area contributed by atoms with Crippen molar-refractivity contribution in [3.63, 3.8) is 0 Å². The van der Waals surface area contributed by atoms with Crippen LogP contribution in [0.3, 0.4) is 0 Å². The third-order valence-corrected chi connectivity index (χ3v) is 3.25. The maximum absolute atomic E-state index is 9.32. The summed E-state index contributed by atoms with van der Waals surface area (Å²) in [4.78, 5) is 9.96. The van der Waals surface area contributed by atoms with E-state index >= 15 is 0 Å². The van der Waals surface area contributed by atoms with Crippen molar-refractivity contribution in [1.82, 2.24) is 9.97 Å². The second-order valence-corrected chi connectivity index (χ2v) is 4.58. The maximum atomic E-state index is 9.32. The summed E-state index contributed by atoms with van der Waals surface area (Å²) in [5, 5.41) is 9.98. The summed E-state index contributed by atoms with van der Waals surface area (Å²) in [5.41, 5.74) is 0. The second kappa shape index (κ2) is 5.17. The predicted octanol–water partition coefficient (Wildman–Crippen LogP) is 2.13. The monoisotopic (exact) mass is 261 g/mol. The maximum Gasteiger partial charge on any atom is 0.224 e. The summed E-state index contributed by atoms with van der Waals surface area (Å²) < 4.78 is 0. The highest BCUT2D eigenvalue weighted by molar-refractivity contribution is 6.33. The molecule has 0 saturated carbocycles. The lowest BCUT2D eigenvalue weighted by Gasteiger charge is -2.35. The molecule has 88 valence electrons. The lowest BCUT2D eigenvalue weighted by molar-refractivity contribution is 0.239. The van der Waals surface area contributed by atoms with Crippen LogP contribution in [0.15, 0.2) is 6.20 Å². The van der Waals surface area contributed by atoms with E-state index in [0.717, 1.165) is 25.8 Å². The molecular weight excluding hydrogens is 249 g/mol. The summed E-state index contributed by atoms with van der Waals surface area (Å²) >= 11 is 11.8. The van der Waals surface area contributed by atoms with Gasteiger partial charge in [-0.05, 0) is 30.9 Å². The van der Waals surface area contributed by atoms with Gasteiger partial charge >= 0.3 is 0 Å². The third-order valence-electron chi connectivity index (χ3n) is 2.81. The molecule has 2 rings (SSSR count). The zero-order valence-electron chi connectivity index (χ0n) is 8.74. The molecular formula is C10H13Cl2N3O. The van der Waals surface area contributed by atoms with Crippen LogP contribution in [0.1, 0.15) is 19.3 Å². The number of hydrogen-bond donors (Lipinski definition) is 1. The van der Waals surface area contributed by atoms with Gasteiger partial charge < -0.3 is 10.0 Å². The molecule has 6 heteroatoms. The molecule has 16 heavy (non-hydrogen) atoms. The second-order valence-electron chi connectivity index (χ2n) is 3.84. The fourth-order valence-electron chi connectivity index (χ4n) is 2.01. The molecule has 1 aliphatic rings. The van der Waals surface area contributed by atoms with E-state index in [1.807, 2.05) is 4.90 Å². The van der Waals surface area contributed by atoms with Gasteiger partial charge in [-0.15, -0.1) is 0 Å². The topological polar surface area (TPSA) is 49.2 Å². The highest BCUT2D eigenvalue weighted by atomic mass is 35.5. The number of rotatable bonds is 2. The molecule has 0 bridgehead atoms. The van der Waals surface area contributed by atoms with Gasteiger partial charge in [-0.25, -0.2) is 4.98 Å². The van der Waals surface area contributed by atoms with Crippen LogP contribution in [0, 0.1) is 0 Å². The molecule has 1 aromatic heterocycles. The Morgan fingerprint density at radius 2 is 2.25 bits per heavy atom. The Labute approximate surface area is 104 Å². The standard InChI is InChI=1S/C10H13Cl2N3O/c11-8-5-13-10(12)14-9(8)15-4-2-1-3-7(15)6-16/h5,7,16H,1-4,6H2. The highest BCUT2D eigenvalue weighted by Gasteiger charge is 2.24. The fraction of sp³-hybridized carbons (Fsp3) is 0.600. The molecule has 0 amide bonds. The molecule has 2 heterocycles. The third kappa shape index (κ3) is 2.39. The van der Waals surface area contributed by atoms with Crippen LogP contribution in [-0.4, -0.2) is 34.3 Å². The quantitative estimate of drug-likeness (QED) is 0.829. The Morgan fingerprint density at radius 3 is 3.00 bits per heavy atom. The van der Waals surface area contributed by atoms with Gasteiger partial charge in [0.2, 0.25) is 5.28 Å². The Kier molecular flexibility index (Phi) is 3.84. The van der Waals surface area contributed by atoms with Gasteiger partial charge in [0.15, 0.2) is 5.82 Å². The van der Waals surface area contributed by atoms with Gasteiger partial charge in [0.25, 0.3) is 0 Å². The Bertz CT molecular complexity index is 375. The molecule has 4 nitrogen and oxygen atoms in total. The van der Waals surface area contributed by atoms with E-state index in [4.69, 9.17) is 23.2 Å². The first-order valence-electron chi connectivity index (χ1n) is 5.28. The molecule has 1 atom stereocenters. The summed E-state index contributed by atoms with van der Waals surface area (Å²) in [7, 11) is 0. The van der Waals surface area contributed by atoms with Crippen molar-refractivity contribution in [2.75, 3.05) is 18.1 Å². The lowest BCUT2D eigenvalue weighted by Crippen LogP contribution is -2.42. The molecule has 1 saturated heterocycles. The first kappa shape index (κ1) is 11.9. The Hall–Kier alpha value is -0.580. The van der Waals surface area contributed by atoms with Gasteiger partial charge in [0.05, 0.1) is 18.8 Å². The average molecular weight is 262 g/mol. The number of hydrogen-bond acceptors (Lipinski definition) is 4. The summed E-state index contributed by atoms with van der Waals surface area (Å²) in [6, 6.07) is 0.0808. The van der Waals surface area contributed by atoms with Crippen molar-refractivity contribution in [3.05, 3.63) is 16.5 Å². The van der Waals surface area contributed by atoms with E-state index in [0.29, 0.717) is 10.8 Å². The normalized spacial score (nSPS) is 21.2. The summed E-state index contributed by atoms with van der Waals surface area (Å²) in [5.74, 6) is 0.625. The van der Waals surface area contributed by atoms with Crippen molar-refractivity contribution < 1.29 is 5.11 Å². The van der Waals surface area contributed by atoms with Crippen LogP contribution >= 0.6 is 23.2 Å². The molecule has 1 aliphatic heterocycles. The van der Waals surface area contributed by atoms with Gasteiger partial charge in [-0.1, -0.05) is 11.6 Å². The van der Waals surface area contributed by atoms with Crippen molar-refractivity contribution in [2.45, 2.75) is 25.3 Å². The summed E-state index contributed by atoms with van der Waals surface area (Å²) in [6.45, 7) is 0.955. The number of anilines is 1. The van der Waals surface area contributed by atoms with Crippen molar-refractivity contribution in [2.24, 2.45) is 0 Å². The average Bonchev–Trinajstić information content (AvgIpc) is 2.32. The fourth-order valence-corrected chi connectivity index (χ4v) is 2.34. The molecule has 1 aromatic rings. The minimum Gasteiger partial charge on any atom is -0.394 e. The molecule has 0 radical (unpaired) electrons. The Morgan fingerprint density at radius 1 is 1.44 bits per heavy atom. The lowest BCUT2D eigenvalue weighted by atomic mass is 10.0. The summed E-state index contributed by atoms with van der Waals surface area (Å²) in [6.07, 6.45) is 4.65. The SMILES string of the molecule is OCC1CCCCN1c1nc(Cl)ncc1Cl. The van der Waals surface area contributed by atoms with E-state index in [1.165, 1.54) is 6.20 Å². The van der Waals surface area contributed by atoms with Crippen LogP contribution in [0.4, 0.5) is 5.82 Å². The zero-order chi connectivity index (χ0) is 11.5. The van der Waals surface area contributed by atoms with Gasteiger partial charge in [-0.3, -0.25) is 0 Å². The number of piperidine rings is 1. The van der Waals surface area contributed by atoms with Crippen molar-refractivity contribution >= 4 is 29.0 Å². The van der Waals surface area contributed by atoms with Crippen LogP contribution in [0.5, 0.6) is 0 Å². The Balaban J connectivity index is 2.30. The number of aromatic nitrogens is 2. The first-order chi connectivity index (χ1) is 7.72. The van der Waals surface area contributed by atoms with E-state index in [1.54, 1.807) is 0 Å².